The Bertz CT molecular complexity index is 556. The number of benzene rings is 1. The van der Waals surface area contributed by atoms with E-state index in [1.807, 2.05) is 12.1 Å². The van der Waals surface area contributed by atoms with E-state index in [4.69, 9.17) is 0 Å². The second-order valence-corrected chi connectivity index (χ2v) is 10.0. The quantitative estimate of drug-likeness (QED) is 0.216. The highest BCUT2D eigenvalue weighted by Crippen LogP contribution is 2.25. The summed E-state index contributed by atoms with van der Waals surface area (Å²) in [6.45, 7) is 3.45. The molecule has 0 saturated carbocycles. The number of phenols is 1. The lowest BCUT2D eigenvalue weighted by molar-refractivity contribution is 0.440. The third-order valence-corrected chi connectivity index (χ3v) is 7.13. The first-order valence-electron chi connectivity index (χ1n) is 13.8. The number of aromatic hydroxyl groups is 1. The van der Waals surface area contributed by atoms with Crippen LogP contribution in [0.25, 0.3) is 0 Å². The van der Waals surface area contributed by atoms with E-state index in [9.17, 15) is 5.11 Å². The predicted molar refractivity (Wildman–Crippen MR) is 136 cm³/mol. The number of rotatable bonds is 19. The van der Waals surface area contributed by atoms with Crippen LogP contribution in [0, 0.1) is 0 Å². The van der Waals surface area contributed by atoms with Gasteiger partial charge < -0.3 is 10.4 Å². The first-order chi connectivity index (χ1) is 15.3. The summed E-state index contributed by atoms with van der Waals surface area (Å²) in [5, 5.41) is 13.4. The van der Waals surface area contributed by atoms with Crippen molar-refractivity contribution in [1.82, 2.24) is 5.32 Å². The van der Waals surface area contributed by atoms with E-state index < -0.39 is 0 Å². The van der Waals surface area contributed by atoms with Gasteiger partial charge in [-0.25, -0.2) is 0 Å². The van der Waals surface area contributed by atoms with Crippen LogP contribution < -0.4 is 5.32 Å². The fourth-order valence-electron chi connectivity index (χ4n) is 5.07. The van der Waals surface area contributed by atoms with E-state index in [1.165, 1.54) is 127 Å². The molecule has 1 aromatic rings. The SMILES string of the molecule is CCCCCCCCCCCCCCCCCCCNC1CCc2ccc(O)cc2C1. The lowest BCUT2D eigenvalue weighted by Gasteiger charge is -2.25. The van der Waals surface area contributed by atoms with Crippen molar-refractivity contribution >= 4 is 0 Å². The van der Waals surface area contributed by atoms with E-state index in [0.29, 0.717) is 11.8 Å². The first kappa shape index (κ1) is 26.2. The number of phenolic OH excluding ortho intramolecular Hbond substituents is 1. The van der Waals surface area contributed by atoms with Crippen LogP contribution in [0.15, 0.2) is 18.2 Å². The maximum Gasteiger partial charge on any atom is 0.115 e. The maximum absolute atomic E-state index is 9.69. The Balaban J connectivity index is 1.29. The van der Waals surface area contributed by atoms with Crippen LogP contribution in [0.5, 0.6) is 5.75 Å². The third-order valence-electron chi connectivity index (χ3n) is 7.13. The fourth-order valence-corrected chi connectivity index (χ4v) is 5.07. The van der Waals surface area contributed by atoms with Crippen molar-refractivity contribution < 1.29 is 5.11 Å². The summed E-state index contributed by atoms with van der Waals surface area (Å²) in [6.07, 6.45) is 27.8. The molecule has 0 amide bonds. The number of hydrogen-bond donors (Lipinski definition) is 2. The Labute approximate surface area is 193 Å². The molecule has 2 N–H and O–H groups in total. The molecule has 1 aliphatic carbocycles. The van der Waals surface area contributed by atoms with Crippen LogP contribution >= 0.6 is 0 Å². The standard InChI is InChI=1S/C29H51NO/c1-2-3-4-5-6-7-8-9-10-11-12-13-14-15-16-17-18-23-30-28-21-19-26-20-22-29(31)25-27(26)24-28/h20,22,25,28,30-31H,2-19,21,23-24H2,1H3. The van der Waals surface area contributed by atoms with Gasteiger partial charge in [0, 0.05) is 6.04 Å². The van der Waals surface area contributed by atoms with Crippen molar-refractivity contribution in [3.63, 3.8) is 0 Å². The highest BCUT2D eigenvalue weighted by Gasteiger charge is 2.18. The summed E-state index contributed by atoms with van der Waals surface area (Å²) in [7, 11) is 0. The molecular weight excluding hydrogens is 378 g/mol. The van der Waals surface area contributed by atoms with Gasteiger partial charge in [-0.15, -0.1) is 0 Å². The Hall–Kier alpha value is -1.02. The van der Waals surface area contributed by atoms with Gasteiger partial charge in [0.15, 0.2) is 0 Å². The first-order valence-corrected chi connectivity index (χ1v) is 13.8. The molecule has 0 aliphatic heterocycles. The summed E-state index contributed by atoms with van der Waals surface area (Å²) < 4.78 is 0. The van der Waals surface area contributed by atoms with Gasteiger partial charge in [-0.05, 0) is 55.5 Å². The highest BCUT2D eigenvalue weighted by molar-refractivity contribution is 5.37. The van der Waals surface area contributed by atoms with Crippen molar-refractivity contribution in [2.75, 3.05) is 6.54 Å². The lowest BCUT2D eigenvalue weighted by Crippen LogP contribution is -2.35. The zero-order chi connectivity index (χ0) is 22.0. The molecule has 0 fully saturated rings. The van der Waals surface area contributed by atoms with Gasteiger partial charge in [-0.3, -0.25) is 0 Å². The monoisotopic (exact) mass is 429 g/mol. The predicted octanol–water partition coefficient (Wildman–Crippen LogP) is 8.49. The van der Waals surface area contributed by atoms with Crippen molar-refractivity contribution in [3.8, 4) is 5.75 Å². The Morgan fingerprint density at radius 1 is 0.710 bits per heavy atom. The zero-order valence-corrected chi connectivity index (χ0v) is 20.6. The van der Waals surface area contributed by atoms with Crippen LogP contribution in [-0.2, 0) is 12.8 Å². The van der Waals surface area contributed by atoms with E-state index in [0.717, 1.165) is 19.4 Å². The molecule has 31 heavy (non-hydrogen) atoms. The summed E-state index contributed by atoms with van der Waals surface area (Å²) in [5.74, 6) is 0.410. The molecule has 0 radical (unpaired) electrons. The van der Waals surface area contributed by atoms with Crippen molar-refractivity contribution in [2.24, 2.45) is 0 Å². The molecule has 0 spiro atoms. The van der Waals surface area contributed by atoms with Crippen LogP contribution in [-0.4, -0.2) is 17.7 Å². The molecule has 0 heterocycles. The van der Waals surface area contributed by atoms with Gasteiger partial charge in [-0.2, -0.15) is 0 Å². The molecule has 2 heteroatoms. The van der Waals surface area contributed by atoms with Crippen LogP contribution in [0.1, 0.15) is 134 Å². The second-order valence-electron chi connectivity index (χ2n) is 10.0. The minimum atomic E-state index is 0.410. The van der Waals surface area contributed by atoms with Crippen molar-refractivity contribution in [3.05, 3.63) is 29.3 Å². The molecule has 178 valence electrons. The number of nitrogens with one attached hydrogen (secondary N) is 1. The van der Waals surface area contributed by atoms with Crippen molar-refractivity contribution in [1.29, 1.82) is 0 Å². The fraction of sp³-hybridized carbons (Fsp3) is 0.793. The minimum absolute atomic E-state index is 0.410. The normalized spacial score (nSPS) is 15.8. The van der Waals surface area contributed by atoms with Gasteiger partial charge in [-0.1, -0.05) is 116 Å². The number of unbranched alkanes of at least 4 members (excludes halogenated alkanes) is 16. The van der Waals surface area contributed by atoms with Crippen LogP contribution in [0.3, 0.4) is 0 Å². The van der Waals surface area contributed by atoms with Crippen LogP contribution in [0.4, 0.5) is 0 Å². The van der Waals surface area contributed by atoms with E-state index in [-0.39, 0.29) is 0 Å². The topological polar surface area (TPSA) is 32.3 Å². The molecule has 1 atom stereocenters. The number of hydrogen-bond acceptors (Lipinski definition) is 2. The summed E-state index contributed by atoms with van der Waals surface area (Å²) in [6, 6.07) is 6.47. The molecule has 0 saturated heterocycles. The summed E-state index contributed by atoms with van der Waals surface area (Å²) in [5.41, 5.74) is 2.76. The van der Waals surface area contributed by atoms with Gasteiger partial charge >= 0.3 is 0 Å². The molecule has 2 rings (SSSR count). The smallest absolute Gasteiger partial charge is 0.115 e. The number of aryl methyl sites for hydroxylation is 1. The minimum Gasteiger partial charge on any atom is -0.508 e. The second kappa shape index (κ2) is 17.5. The average Bonchev–Trinajstić information content (AvgIpc) is 2.78. The molecule has 2 nitrogen and oxygen atoms in total. The Kier molecular flexibility index (Phi) is 14.8. The molecular formula is C29H51NO. The lowest BCUT2D eigenvalue weighted by atomic mass is 9.88. The average molecular weight is 430 g/mol. The van der Waals surface area contributed by atoms with Gasteiger partial charge in [0.25, 0.3) is 0 Å². The van der Waals surface area contributed by atoms with Crippen molar-refractivity contribution in [2.45, 2.75) is 141 Å². The molecule has 1 aliphatic rings. The molecule has 0 bridgehead atoms. The third kappa shape index (κ3) is 12.6. The molecule has 0 aromatic heterocycles. The Morgan fingerprint density at radius 3 is 1.77 bits per heavy atom. The molecule has 1 unspecified atom stereocenters. The summed E-state index contributed by atoms with van der Waals surface area (Å²) in [4.78, 5) is 0. The summed E-state index contributed by atoms with van der Waals surface area (Å²) >= 11 is 0. The number of fused-ring (bicyclic) bond motifs is 1. The van der Waals surface area contributed by atoms with Gasteiger partial charge in [0.1, 0.15) is 5.75 Å². The van der Waals surface area contributed by atoms with E-state index in [1.54, 1.807) is 0 Å². The van der Waals surface area contributed by atoms with Crippen LogP contribution in [0.2, 0.25) is 0 Å². The van der Waals surface area contributed by atoms with Gasteiger partial charge in [0.05, 0.1) is 0 Å². The maximum atomic E-state index is 9.69. The van der Waals surface area contributed by atoms with Gasteiger partial charge in [0.2, 0.25) is 0 Å². The molecule has 1 aromatic carbocycles. The van der Waals surface area contributed by atoms with E-state index in [2.05, 4.69) is 18.3 Å². The Morgan fingerprint density at radius 2 is 1.23 bits per heavy atom. The largest absolute Gasteiger partial charge is 0.508 e. The van der Waals surface area contributed by atoms with E-state index >= 15 is 0 Å². The zero-order valence-electron chi connectivity index (χ0n) is 20.6. The highest BCUT2D eigenvalue weighted by atomic mass is 16.3.